The molecule has 0 aliphatic carbocycles. The van der Waals surface area contributed by atoms with E-state index in [2.05, 4.69) is 22.5 Å². The summed E-state index contributed by atoms with van der Waals surface area (Å²) in [6.45, 7) is 5.17. The molecule has 1 aliphatic heterocycles. The molecule has 2 heterocycles. The lowest BCUT2D eigenvalue weighted by Gasteiger charge is -2.34. The first-order valence-corrected chi connectivity index (χ1v) is 7.04. The first-order chi connectivity index (χ1) is 9.18. The Hall–Kier alpha value is -1.42. The van der Waals surface area contributed by atoms with Gasteiger partial charge in [0.15, 0.2) is 0 Å². The molecule has 0 radical (unpaired) electrons. The van der Waals surface area contributed by atoms with Gasteiger partial charge in [0, 0.05) is 25.4 Å². The van der Waals surface area contributed by atoms with E-state index in [0.717, 1.165) is 38.9 Å². The van der Waals surface area contributed by atoms with Gasteiger partial charge in [-0.25, -0.2) is 0 Å². The number of aromatic nitrogens is 1. The summed E-state index contributed by atoms with van der Waals surface area (Å²) in [4.78, 5) is 15.8. The van der Waals surface area contributed by atoms with Crippen molar-refractivity contribution in [2.24, 2.45) is 5.41 Å². The number of rotatable bonds is 5. The third-order valence-electron chi connectivity index (χ3n) is 3.91. The van der Waals surface area contributed by atoms with Gasteiger partial charge in [0.05, 0.1) is 0 Å². The van der Waals surface area contributed by atoms with Crippen LogP contribution in [-0.2, 0) is 11.2 Å². The van der Waals surface area contributed by atoms with Crippen LogP contribution in [0.4, 0.5) is 0 Å². The zero-order valence-corrected chi connectivity index (χ0v) is 11.6. The quantitative estimate of drug-likeness (QED) is 0.845. The Labute approximate surface area is 115 Å². The fraction of sp³-hybridized carbons (Fsp3) is 0.600. The van der Waals surface area contributed by atoms with Crippen molar-refractivity contribution in [3.63, 3.8) is 0 Å². The van der Waals surface area contributed by atoms with E-state index in [9.17, 15) is 4.79 Å². The number of hydrogen-bond donors (Lipinski definition) is 2. The standard InChI is InChI=1S/C15H23N3O/c1-15(6-10-17-11-7-15)12-18-14(19)3-2-13-4-8-16-9-5-13/h4-5,8-9,17H,2-3,6-7,10-12H2,1H3,(H,18,19). The summed E-state index contributed by atoms with van der Waals surface area (Å²) in [5, 5.41) is 6.44. The Bertz CT molecular complexity index is 399. The summed E-state index contributed by atoms with van der Waals surface area (Å²) in [5.41, 5.74) is 1.43. The maximum atomic E-state index is 11.9. The first-order valence-electron chi connectivity index (χ1n) is 7.04. The van der Waals surface area contributed by atoms with Gasteiger partial charge in [-0.2, -0.15) is 0 Å². The number of aryl methyl sites for hydroxylation is 1. The molecular formula is C15H23N3O. The second-order valence-electron chi connectivity index (χ2n) is 5.69. The van der Waals surface area contributed by atoms with E-state index >= 15 is 0 Å². The van der Waals surface area contributed by atoms with Crippen LogP contribution in [0.15, 0.2) is 24.5 Å². The van der Waals surface area contributed by atoms with Crippen molar-refractivity contribution in [1.29, 1.82) is 0 Å². The van der Waals surface area contributed by atoms with Gasteiger partial charge in [0.25, 0.3) is 0 Å². The van der Waals surface area contributed by atoms with Crippen molar-refractivity contribution < 1.29 is 4.79 Å². The summed E-state index contributed by atoms with van der Waals surface area (Å²) in [5.74, 6) is 0.150. The lowest BCUT2D eigenvalue weighted by molar-refractivity contribution is -0.121. The van der Waals surface area contributed by atoms with E-state index in [-0.39, 0.29) is 11.3 Å². The molecule has 0 spiro atoms. The fourth-order valence-corrected chi connectivity index (χ4v) is 2.41. The molecule has 1 aromatic rings. The highest BCUT2D eigenvalue weighted by atomic mass is 16.1. The molecule has 0 saturated carbocycles. The van der Waals surface area contributed by atoms with Crippen LogP contribution in [0.3, 0.4) is 0 Å². The van der Waals surface area contributed by atoms with Gasteiger partial charge in [-0.15, -0.1) is 0 Å². The molecule has 0 aromatic carbocycles. The van der Waals surface area contributed by atoms with E-state index in [1.165, 1.54) is 5.56 Å². The van der Waals surface area contributed by atoms with Crippen molar-refractivity contribution in [2.45, 2.75) is 32.6 Å². The van der Waals surface area contributed by atoms with Crippen molar-refractivity contribution in [2.75, 3.05) is 19.6 Å². The molecule has 0 bridgehead atoms. The third kappa shape index (κ3) is 4.63. The number of hydrogen-bond acceptors (Lipinski definition) is 3. The molecular weight excluding hydrogens is 238 g/mol. The zero-order chi connectivity index (χ0) is 13.6. The van der Waals surface area contributed by atoms with Crippen molar-refractivity contribution in [3.05, 3.63) is 30.1 Å². The number of piperidine rings is 1. The molecule has 1 aliphatic rings. The van der Waals surface area contributed by atoms with E-state index < -0.39 is 0 Å². The number of carbonyl (C=O) groups excluding carboxylic acids is 1. The highest BCUT2D eigenvalue weighted by Crippen LogP contribution is 2.26. The van der Waals surface area contributed by atoms with Gasteiger partial charge >= 0.3 is 0 Å². The van der Waals surface area contributed by atoms with Crippen molar-refractivity contribution in [1.82, 2.24) is 15.6 Å². The number of carbonyl (C=O) groups is 1. The van der Waals surface area contributed by atoms with Crippen LogP contribution in [0.25, 0.3) is 0 Å². The molecule has 104 valence electrons. The third-order valence-corrected chi connectivity index (χ3v) is 3.91. The number of amides is 1. The average molecular weight is 261 g/mol. The number of nitrogens with zero attached hydrogens (tertiary/aromatic N) is 1. The normalized spacial score (nSPS) is 17.9. The summed E-state index contributed by atoms with van der Waals surface area (Å²) in [6, 6.07) is 3.92. The Kier molecular flexibility index (Phi) is 4.91. The maximum Gasteiger partial charge on any atom is 0.220 e. The lowest BCUT2D eigenvalue weighted by atomic mass is 9.81. The van der Waals surface area contributed by atoms with Gasteiger partial charge in [-0.3, -0.25) is 9.78 Å². The van der Waals surface area contributed by atoms with Crippen LogP contribution in [0.1, 0.15) is 31.7 Å². The molecule has 19 heavy (non-hydrogen) atoms. The van der Waals surface area contributed by atoms with Crippen LogP contribution in [-0.4, -0.2) is 30.5 Å². The van der Waals surface area contributed by atoms with Crippen molar-refractivity contribution >= 4 is 5.91 Å². The van der Waals surface area contributed by atoms with Crippen LogP contribution in [0.5, 0.6) is 0 Å². The predicted molar refractivity (Wildman–Crippen MR) is 75.8 cm³/mol. The highest BCUT2D eigenvalue weighted by molar-refractivity contribution is 5.76. The second kappa shape index (κ2) is 6.66. The topological polar surface area (TPSA) is 54.0 Å². The second-order valence-corrected chi connectivity index (χ2v) is 5.69. The minimum absolute atomic E-state index is 0.150. The highest BCUT2D eigenvalue weighted by Gasteiger charge is 2.26. The fourth-order valence-electron chi connectivity index (χ4n) is 2.41. The molecule has 1 saturated heterocycles. The van der Waals surface area contributed by atoms with E-state index in [4.69, 9.17) is 0 Å². The number of pyridine rings is 1. The van der Waals surface area contributed by atoms with Crippen LogP contribution >= 0.6 is 0 Å². The predicted octanol–water partition coefficient (Wildman–Crippen LogP) is 1.52. The largest absolute Gasteiger partial charge is 0.356 e. The SMILES string of the molecule is CC1(CNC(=O)CCc2ccncc2)CCNCC1. The molecule has 1 aromatic heterocycles. The molecule has 2 N–H and O–H groups in total. The minimum atomic E-state index is 0.150. The van der Waals surface area contributed by atoms with E-state index in [1.54, 1.807) is 12.4 Å². The van der Waals surface area contributed by atoms with Gasteiger partial charge < -0.3 is 10.6 Å². The Morgan fingerprint density at radius 1 is 1.37 bits per heavy atom. The van der Waals surface area contributed by atoms with Gasteiger partial charge in [0.1, 0.15) is 0 Å². The molecule has 0 unspecified atom stereocenters. The first kappa shape index (κ1) is 14.0. The molecule has 1 amide bonds. The average Bonchev–Trinajstić information content (AvgIpc) is 2.45. The van der Waals surface area contributed by atoms with Gasteiger partial charge in [0.2, 0.25) is 5.91 Å². The summed E-state index contributed by atoms with van der Waals surface area (Å²) in [7, 11) is 0. The summed E-state index contributed by atoms with van der Waals surface area (Å²) < 4.78 is 0. The molecule has 4 nitrogen and oxygen atoms in total. The van der Waals surface area contributed by atoms with Crippen LogP contribution in [0.2, 0.25) is 0 Å². The molecule has 0 atom stereocenters. The molecule has 2 rings (SSSR count). The smallest absolute Gasteiger partial charge is 0.220 e. The summed E-state index contributed by atoms with van der Waals surface area (Å²) >= 11 is 0. The Morgan fingerprint density at radius 2 is 2.05 bits per heavy atom. The van der Waals surface area contributed by atoms with Crippen LogP contribution < -0.4 is 10.6 Å². The monoisotopic (exact) mass is 261 g/mol. The molecule has 4 heteroatoms. The lowest BCUT2D eigenvalue weighted by Crippen LogP contribution is -2.42. The van der Waals surface area contributed by atoms with Crippen molar-refractivity contribution in [3.8, 4) is 0 Å². The maximum absolute atomic E-state index is 11.9. The zero-order valence-electron chi connectivity index (χ0n) is 11.6. The van der Waals surface area contributed by atoms with Gasteiger partial charge in [-0.05, 0) is 55.5 Å². The Balaban J connectivity index is 1.70. The van der Waals surface area contributed by atoms with Gasteiger partial charge in [-0.1, -0.05) is 6.92 Å². The van der Waals surface area contributed by atoms with Crippen LogP contribution in [0, 0.1) is 5.41 Å². The van der Waals surface area contributed by atoms with E-state index in [0.29, 0.717) is 6.42 Å². The van der Waals surface area contributed by atoms with E-state index in [1.807, 2.05) is 12.1 Å². The molecule has 1 fully saturated rings. The summed E-state index contributed by atoms with van der Waals surface area (Å²) in [6.07, 6.45) is 7.15. The Morgan fingerprint density at radius 3 is 2.74 bits per heavy atom. The minimum Gasteiger partial charge on any atom is -0.356 e. The number of nitrogens with one attached hydrogen (secondary N) is 2.